The van der Waals surface area contributed by atoms with E-state index in [0.29, 0.717) is 0 Å². The quantitative estimate of drug-likeness (QED) is 0.831. The number of imidazole rings is 1. The lowest BCUT2D eigenvalue weighted by atomic mass is 10.4. The van der Waals surface area contributed by atoms with E-state index < -0.39 is 0 Å². The first-order valence-electron chi connectivity index (χ1n) is 5.29. The molecular weight excluding hydrogens is 204 g/mol. The number of hydrogen-bond acceptors (Lipinski definition) is 5. The zero-order valence-corrected chi connectivity index (χ0v) is 9.80. The van der Waals surface area contributed by atoms with Crippen LogP contribution in [0.4, 0.5) is 11.8 Å². The molecule has 2 N–H and O–H groups in total. The minimum absolute atomic E-state index is 0.286. The molecule has 0 saturated heterocycles. The fourth-order valence-corrected chi connectivity index (χ4v) is 1.66. The van der Waals surface area contributed by atoms with Gasteiger partial charge in [0.1, 0.15) is 0 Å². The molecule has 2 aromatic rings. The maximum atomic E-state index is 5.70. The summed E-state index contributed by atoms with van der Waals surface area (Å²) in [4.78, 5) is 14.7. The van der Waals surface area contributed by atoms with Crippen LogP contribution in [0, 0.1) is 0 Å². The second-order valence-electron chi connectivity index (χ2n) is 3.91. The van der Waals surface area contributed by atoms with Crippen LogP contribution in [0.2, 0.25) is 0 Å². The van der Waals surface area contributed by atoms with Gasteiger partial charge in [0, 0.05) is 20.6 Å². The lowest BCUT2D eigenvalue weighted by molar-refractivity contribution is 0.691. The predicted octanol–water partition coefficient (Wildman–Crippen LogP) is 0.885. The number of anilines is 2. The third kappa shape index (κ3) is 1.66. The lowest BCUT2D eigenvalue weighted by Crippen LogP contribution is -2.13. The largest absolute Gasteiger partial charge is 0.368 e. The molecule has 6 nitrogen and oxygen atoms in total. The number of rotatable bonds is 3. The van der Waals surface area contributed by atoms with E-state index in [1.54, 1.807) is 6.33 Å². The van der Waals surface area contributed by atoms with E-state index in [4.69, 9.17) is 5.73 Å². The van der Waals surface area contributed by atoms with Gasteiger partial charge in [-0.3, -0.25) is 0 Å². The third-order valence-corrected chi connectivity index (χ3v) is 2.35. The van der Waals surface area contributed by atoms with Crippen molar-refractivity contribution < 1.29 is 0 Å². The summed E-state index contributed by atoms with van der Waals surface area (Å²) in [5, 5.41) is 0. The van der Waals surface area contributed by atoms with Crippen molar-refractivity contribution in [2.75, 3.05) is 24.7 Å². The number of aryl methyl sites for hydroxylation is 1. The molecular formula is C10H16N6. The molecule has 0 atom stereocenters. The van der Waals surface area contributed by atoms with Gasteiger partial charge in [0.05, 0.1) is 6.33 Å². The van der Waals surface area contributed by atoms with Crippen LogP contribution in [0.3, 0.4) is 0 Å². The van der Waals surface area contributed by atoms with Crippen LogP contribution in [-0.2, 0) is 6.54 Å². The van der Waals surface area contributed by atoms with Gasteiger partial charge in [0.25, 0.3) is 0 Å². The normalized spacial score (nSPS) is 10.9. The maximum absolute atomic E-state index is 5.70. The summed E-state index contributed by atoms with van der Waals surface area (Å²) < 4.78 is 2.00. The lowest BCUT2D eigenvalue weighted by Gasteiger charge is -2.12. The Morgan fingerprint density at radius 1 is 1.38 bits per heavy atom. The van der Waals surface area contributed by atoms with Gasteiger partial charge < -0.3 is 15.2 Å². The molecule has 2 aromatic heterocycles. The van der Waals surface area contributed by atoms with Crippen molar-refractivity contribution in [1.29, 1.82) is 0 Å². The standard InChI is InChI=1S/C10H16N6/c1-4-5-16-6-12-7-8(15(2)3)13-10(11)14-9(7)16/h6H,4-5H2,1-3H3,(H2,11,13,14). The molecule has 0 aliphatic heterocycles. The van der Waals surface area contributed by atoms with E-state index in [2.05, 4.69) is 21.9 Å². The molecule has 0 bridgehead atoms. The number of hydrogen-bond donors (Lipinski definition) is 1. The number of nitrogens with zero attached hydrogens (tertiary/aromatic N) is 5. The molecule has 86 valence electrons. The van der Waals surface area contributed by atoms with Gasteiger partial charge in [0.15, 0.2) is 17.0 Å². The second kappa shape index (κ2) is 3.96. The van der Waals surface area contributed by atoms with Gasteiger partial charge in [-0.2, -0.15) is 9.97 Å². The highest BCUT2D eigenvalue weighted by Crippen LogP contribution is 2.21. The Morgan fingerprint density at radius 3 is 2.75 bits per heavy atom. The highest BCUT2D eigenvalue weighted by atomic mass is 15.2. The topological polar surface area (TPSA) is 72.9 Å². The summed E-state index contributed by atoms with van der Waals surface area (Å²) in [5.74, 6) is 1.05. The number of nitrogens with two attached hydrogens (primary N) is 1. The highest BCUT2D eigenvalue weighted by molar-refractivity contribution is 5.84. The summed E-state index contributed by atoms with van der Waals surface area (Å²) in [7, 11) is 3.83. The number of aromatic nitrogens is 4. The fourth-order valence-electron chi connectivity index (χ4n) is 1.66. The first-order chi connectivity index (χ1) is 7.63. The summed E-state index contributed by atoms with van der Waals surface area (Å²) in [6.45, 7) is 3.00. The predicted molar refractivity (Wildman–Crippen MR) is 64.4 cm³/mol. The van der Waals surface area contributed by atoms with E-state index in [1.165, 1.54) is 0 Å². The Kier molecular flexibility index (Phi) is 2.64. The molecule has 0 aromatic carbocycles. The maximum Gasteiger partial charge on any atom is 0.224 e. The van der Waals surface area contributed by atoms with Crippen LogP contribution in [0.25, 0.3) is 11.2 Å². The Labute approximate surface area is 94.1 Å². The second-order valence-corrected chi connectivity index (χ2v) is 3.91. The molecule has 2 heterocycles. The molecule has 0 unspecified atom stereocenters. The summed E-state index contributed by atoms with van der Waals surface area (Å²) in [6, 6.07) is 0. The molecule has 2 rings (SSSR count). The van der Waals surface area contributed by atoms with Crippen LogP contribution in [0.5, 0.6) is 0 Å². The monoisotopic (exact) mass is 220 g/mol. The van der Waals surface area contributed by atoms with Gasteiger partial charge in [-0.05, 0) is 6.42 Å². The highest BCUT2D eigenvalue weighted by Gasteiger charge is 2.12. The van der Waals surface area contributed by atoms with Crippen LogP contribution in [0.1, 0.15) is 13.3 Å². The van der Waals surface area contributed by atoms with E-state index in [1.807, 2.05) is 23.6 Å². The average Bonchev–Trinajstić information content (AvgIpc) is 2.61. The van der Waals surface area contributed by atoms with E-state index in [0.717, 1.165) is 29.9 Å². The average molecular weight is 220 g/mol. The van der Waals surface area contributed by atoms with Crippen LogP contribution in [-0.4, -0.2) is 33.6 Å². The Balaban J connectivity index is 2.65. The minimum Gasteiger partial charge on any atom is -0.368 e. The van der Waals surface area contributed by atoms with Gasteiger partial charge in [-0.15, -0.1) is 0 Å². The van der Waals surface area contributed by atoms with E-state index in [9.17, 15) is 0 Å². The van der Waals surface area contributed by atoms with Crippen molar-refractivity contribution in [3.8, 4) is 0 Å². The Hall–Kier alpha value is -1.85. The minimum atomic E-state index is 0.286. The first-order valence-corrected chi connectivity index (χ1v) is 5.29. The molecule has 0 amide bonds. The zero-order chi connectivity index (χ0) is 11.7. The molecule has 0 saturated carbocycles. The Bertz CT molecular complexity index is 501. The number of fused-ring (bicyclic) bond motifs is 1. The van der Waals surface area contributed by atoms with E-state index >= 15 is 0 Å². The first kappa shape index (κ1) is 10.7. The fraction of sp³-hybridized carbons (Fsp3) is 0.500. The van der Waals surface area contributed by atoms with Crippen molar-refractivity contribution in [2.24, 2.45) is 0 Å². The molecule has 6 heteroatoms. The van der Waals surface area contributed by atoms with Crippen LogP contribution >= 0.6 is 0 Å². The molecule has 0 radical (unpaired) electrons. The van der Waals surface area contributed by atoms with Gasteiger partial charge in [0.2, 0.25) is 5.95 Å². The smallest absolute Gasteiger partial charge is 0.224 e. The van der Waals surface area contributed by atoms with Crippen molar-refractivity contribution in [3.05, 3.63) is 6.33 Å². The molecule has 0 spiro atoms. The molecule has 0 fully saturated rings. The SMILES string of the molecule is CCCn1cnc2c(N(C)C)nc(N)nc21. The molecule has 0 aliphatic carbocycles. The number of nitrogen functional groups attached to an aromatic ring is 1. The third-order valence-electron chi connectivity index (χ3n) is 2.35. The van der Waals surface area contributed by atoms with Gasteiger partial charge >= 0.3 is 0 Å². The summed E-state index contributed by atoms with van der Waals surface area (Å²) in [6.07, 6.45) is 2.82. The van der Waals surface area contributed by atoms with E-state index in [-0.39, 0.29) is 5.95 Å². The van der Waals surface area contributed by atoms with Crippen molar-refractivity contribution in [2.45, 2.75) is 19.9 Å². The van der Waals surface area contributed by atoms with Crippen molar-refractivity contribution in [1.82, 2.24) is 19.5 Å². The molecule has 16 heavy (non-hydrogen) atoms. The summed E-state index contributed by atoms with van der Waals surface area (Å²) in [5.41, 5.74) is 7.30. The van der Waals surface area contributed by atoms with Crippen molar-refractivity contribution >= 4 is 22.9 Å². The van der Waals surface area contributed by atoms with Gasteiger partial charge in [-0.1, -0.05) is 6.92 Å². The zero-order valence-electron chi connectivity index (χ0n) is 9.80. The van der Waals surface area contributed by atoms with Crippen LogP contribution < -0.4 is 10.6 Å². The molecule has 0 aliphatic rings. The van der Waals surface area contributed by atoms with Crippen molar-refractivity contribution in [3.63, 3.8) is 0 Å². The summed E-state index contributed by atoms with van der Waals surface area (Å²) >= 11 is 0. The Morgan fingerprint density at radius 2 is 2.12 bits per heavy atom. The van der Waals surface area contributed by atoms with Crippen LogP contribution in [0.15, 0.2) is 6.33 Å². The van der Waals surface area contributed by atoms with Gasteiger partial charge in [-0.25, -0.2) is 4.98 Å².